The molecule has 1 amide bonds. The van der Waals surface area contributed by atoms with Gasteiger partial charge in [0.25, 0.3) is 5.91 Å². The molecule has 1 heterocycles. The summed E-state index contributed by atoms with van der Waals surface area (Å²) in [6.07, 6.45) is 2.93. The maximum Gasteiger partial charge on any atom is 0.267 e. The Kier molecular flexibility index (Phi) is 4.56. The average Bonchev–Trinajstić information content (AvgIpc) is 2.45. The molecule has 1 aliphatic rings. The fourth-order valence-corrected chi connectivity index (χ4v) is 2.20. The van der Waals surface area contributed by atoms with Gasteiger partial charge < -0.3 is 14.4 Å². The van der Waals surface area contributed by atoms with Crippen LogP contribution in [0.5, 0.6) is 5.75 Å². The molecule has 2 rings (SSSR count). The Morgan fingerprint density at radius 3 is 2.60 bits per heavy atom. The fourth-order valence-electron chi connectivity index (χ4n) is 2.20. The Morgan fingerprint density at radius 1 is 1.30 bits per heavy atom. The number of benzene rings is 1. The second-order valence-corrected chi connectivity index (χ2v) is 5.08. The van der Waals surface area contributed by atoms with E-state index in [2.05, 4.69) is 6.08 Å². The quantitative estimate of drug-likeness (QED) is 0.453. The number of nitrogens with zero attached hydrogens (tertiary/aromatic N) is 1. The lowest BCUT2D eigenvalue weighted by Gasteiger charge is -2.43. The van der Waals surface area contributed by atoms with E-state index in [0.29, 0.717) is 12.3 Å². The van der Waals surface area contributed by atoms with Crippen molar-refractivity contribution in [2.24, 2.45) is 0 Å². The average molecular weight is 273 g/mol. The number of hydrogen-bond donors (Lipinski definition) is 0. The zero-order chi connectivity index (χ0) is 14.5. The molecule has 0 aliphatic carbocycles. The van der Waals surface area contributed by atoms with Crippen LogP contribution in [0.3, 0.4) is 0 Å². The Balaban J connectivity index is 1.95. The van der Waals surface area contributed by atoms with E-state index in [1.54, 1.807) is 17.0 Å². The third-order valence-electron chi connectivity index (χ3n) is 3.26. The molecule has 1 aromatic carbocycles. The SMILES string of the molecule is CC(C)=CCCN1C(=O)[C@H](Oc2ccccc2)[C@H]1C=O. The molecule has 1 fully saturated rings. The molecule has 0 unspecified atom stereocenters. The number of allylic oxidation sites excluding steroid dienone is 1. The first-order valence-corrected chi connectivity index (χ1v) is 6.74. The summed E-state index contributed by atoms with van der Waals surface area (Å²) < 4.78 is 5.59. The molecule has 20 heavy (non-hydrogen) atoms. The summed E-state index contributed by atoms with van der Waals surface area (Å²) >= 11 is 0. The summed E-state index contributed by atoms with van der Waals surface area (Å²) in [5, 5.41) is 0. The van der Waals surface area contributed by atoms with Gasteiger partial charge in [0.05, 0.1) is 0 Å². The normalized spacial score (nSPS) is 21.1. The molecule has 1 aliphatic heterocycles. The van der Waals surface area contributed by atoms with Crippen molar-refractivity contribution in [3.8, 4) is 5.75 Å². The van der Waals surface area contributed by atoms with E-state index < -0.39 is 12.1 Å². The topological polar surface area (TPSA) is 46.6 Å². The Hall–Kier alpha value is -2.10. The van der Waals surface area contributed by atoms with Crippen molar-refractivity contribution < 1.29 is 14.3 Å². The van der Waals surface area contributed by atoms with E-state index in [9.17, 15) is 9.59 Å². The minimum Gasteiger partial charge on any atom is -0.478 e. The van der Waals surface area contributed by atoms with Crippen molar-refractivity contribution >= 4 is 12.2 Å². The number of likely N-dealkylation sites (tertiary alicyclic amines) is 1. The summed E-state index contributed by atoms with van der Waals surface area (Å²) in [5.74, 6) is 0.495. The third kappa shape index (κ3) is 3.07. The molecule has 0 N–H and O–H groups in total. The number of β-lactam (4-membered cyclic amide) rings is 1. The van der Waals surface area contributed by atoms with Crippen LogP contribution in [0, 0.1) is 0 Å². The van der Waals surface area contributed by atoms with E-state index in [0.717, 1.165) is 12.7 Å². The number of para-hydroxylation sites is 1. The minimum absolute atomic E-state index is 0.117. The van der Waals surface area contributed by atoms with Gasteiger partial charge in [0.1, 0.15) is 18.1 Å². The molecule has 2 atom stereocenters. The molecule has 4 heteroatoms. The van der Waals surface area contributed by atoms with Crippen molar-refractivity contribution in [2.75, 3.05) is 6.54 Å². The summed E-state index contributed by atoms with van der Waals surface area (Å²) in [4.78, 5) is 24.8. The minimum atomic E-state index is -0.679. The third-order valence-corrected chi connectivity index (χ3v) is 3.26. The van der Waals surface area contributed by atoms with Gasteiger partial charge in [-0.25, -0.2) is 0 Å². The van der Waals surface area contributed by atoms with Crippen LogP contribution in [0.1, 0.15) is 20.3 Å². The van der Waals surface area contributed by atoms with E-state index >= 15 is 0 Å². The molecule has 4 nitrogen and oxygen atoms in total. The predicted octanol–water partition coefficient (Wildman–Crippen LogP) is 2.20. The van der Waals surface area contributed by atoms with E-state index in [1.807, 2.05) is 32.0 Å². The van der Waals surface area contributed by atoms with E-state index in [-0.39, 0.29) is 5.91 Å². The first kappa shape index (κ1) is 14.3. The number of rotatable bonds is 6. The van der Waals surface area contributed by atoms with Crippen LogP contribution in [0.15, 0.2) is 42.0 Å². The molecule has 0 bridgehead atoms. The predicted molar refractivity (Wildman–Crippen MR) is 76.5 cm³/mol. The van der Waals surface area contributed by atoms with Crippen LogP contribution in [-0.4, -0.2) is 35.8 Å². The Morgan fingerprint density at radius 2 is 2.00 bits per heavy atom. The first-order valence-electron chi connectivity index (χ1n) is 6.74. The summed E-state index contributed by atoms with van der Waals surface area (Å²) in [5.41, 5.74) is 1.21. The highest BCUT2D eigenvalue weighted by Crippen LogP contribution is 2.24. The summed E-state index contributed by atoms with van der Waals surface area (Å²) in [7, 11) is 0. The maximum atomic E-state index is 12.0. The van der Waals surface area contributed by atoms with Gasteiger partial charge in [-0.1, -0.05) is 29.8 Å². The van der Waals surface area contributed by atoms with Crippen LogP contribution < -0.4 is 4.74 Å². The Bertz CT molecular complexity index is 506. The van der Waals surface area contributed by atoms with Crippen LogP contribution in [0.4, 0.5) is 0 Å². The molecular formula is C16H19NO3. The largest absolute Gasteiger partial charge is 0.478 e. The number of hydrogen-bond acceptors (Lipinski definition) is 3. The molecule has 0 radical (unpaired) electrons. The molecule has 0 spiro atoms. The molecular weight excluding hydrogens is 254 g/mol. The van der Waals surface area contributed by atoms with Crippen LogP contribution in [0.2, 0.25) is 0 Å². The fraction of sp³-hybridized carbons (Fsp3) is 0.375. The van der Waals surface area contributed by atoms with Gasteiger partial charge >= 0.3 is 0 Å². The zero-order valence-corrected chi connectivity index (χ0v) is 11.8. The smallest absolute Gasteiger partial charge is 0.267 e. The second kappa shape index (κ2) is 6.37. The number of aldehydes is 1. The lowest BCUT2D eigenvalue weighted by molar-refractivity contribution is -0.164. The van der Waals surface area contributed by atoms with Crippen LogP contribution in [0.25, 0.3) is 0 Å². The van der Waals surface area contributed by atoms with Crippen molar-refractivity contribution in [3.63, 3.8) is 0 Å². The molecule has 1 saturated heterocycles. The van der Waals surface area contributed by atoms with Crippen molar-refractivity contribution in [3.05, 3.63) is 42.0 Å². The van der Waals surface area contributed by atoms with Gasteiger partial charge in [0, 0.05) is 6.54 Å². The molecule has 1 aromatic rings. The van der Waals surface area contributed by atoms with Gasteiger partial charge in [-0.15, -0.1) is 0 Å². The Labute approximate surface area is 119 Å². The van der Waals surface area contributed by atoms with E-state index in [1.165, 1.54) is 5.57 Å². The maximum absolute atomic E-state index is 12.0. The number of carbonyl (C=O) groups excluding carboxylic acids is 2. The molecule has 0 saturated carbocycles. The summed E-state index contributed by atoms with van der Waals surface area (Å²) in [6.45, 7) is 4.58. The highest BCUT2D eigenvalue weighted by molar-refractivity contribution is 5.95. The van der Waals surface area contributed by atoms with Gasteiger partial charge in [-0.05, 0) is 32.4 Å². The highest BCUT2D eigenvalue weighted by Gasteiger charge is 2.48. The van der Waals surface area contributed by atoms with Gasteiger partial charge in [0.15, 0.2) is 0 Å². The molecule has 106 valence electrons. The van der Waals surface area contributed by atoms with Crippen LogP contribution in [-0.2, 0) is 9.59 Å². The summed E-state index contributed by atoms with van der Waals surface area (Å²) in [6, 6.07) is 8.62. The van der Waals surface area contributed by atoms with E-state index in [4.69, 9.17) is 4.74 Å². The number of ether oxygens (including phenoxy) is 1. The van der Waals surface area contributed by atoms with Gasteiger partial charge in [-0.2, -0.15) is 0 Å². The monoisotopic (exact) mass is 273 g/mol. The lowest BCUT2D eigenvalue weighted by Crippen LogP contribution is -2.67. The van der Waals surface area contributed by atoms with Gasteiger partial charge in [0.2, 0.25) is 6.10 Å². The number of amides is 1. The van der Waals surface area contributed by atoms with Crippen LogP contribution >= 0.6 is 0 Å². The highest BCUT2D eigenvalue weighted by atomic mass is 16.5. The van der Waals surface area contributed by atoms with Gasteiger partial charge in [-0.3, -0.25) is 4.79 Å². The lowest BCUT2D eigenvalue weighted by atomic mass is 9.98. The standard InChI is InChI=1S/C16H19NO3/c1-12(2)7-6-10-17-14(11-18)15(16(17)19)20-13-8-4-3-5-9-13/h3-5,7-9,11,14-15H,6,10H2,1-2H3/t14-,15-/m1/s1. The van der Waals surface area contributed by atoms with Crippen molar-refractivity contribution in [1.29, 1.82) is 0 Å². The number of carbonyl (C=O) groups is 2. The van der Waals surface area contributed by atoms with Crippen molar-refractivity contribution in [1.82, 2.24) is 4.90 Å². The first-order chi connectivity index (χ1) is 9.63. The van der Waals surface area contributed by atoms with Crippen molar-refractivity contribution in [2.45, 2.75) is 32.4 Å². The molecule has 0 aromatic heterocycles. The second-order valence-electron chi connectivity index (χ2n) is 5.08. The zero-order valence-electron chi connectivity index (χ0n) is 11.8.